The Morgan fingerprint density at radius 1 is 1.61 bits per heavy atom. The zero-order chi connectivity index (χ0) is 13.1. The molecule has 1 aliphatic carbocycles. The van der Waals surface area contributed by atoms with E-state index in [1.165, 1.54) is 12.3 Å². The van der Waals surface area contributed by atoms with E-state index in [0.717, 1.165) is 19.3 Å². The maximum absolute atomic E-state index is 10.9. The van der Waals surface area contributed by atoms with Gasteiger partial charge in [0.05, 0.1) is 11.0 Å². The summed E-state index contributed by atoms with van der Waals surface area (Å²) in [4.78, 5) is 14.7. The first-order chi connectivity index (χ1) is 8.61. The summed E-state index contributed by atoms with van der Waals surface area (Å²) >= 11 is 0. The minimum absolute atomic E-state index is 0.106. The van der Waals surface area contributed by atoms with Crippen molar-refractivity contribution in [1.82, 2.24) is 4.98 Å². The molecule has 18 heavy (non-hydrogen) atoms. The van der Waals surface area contributed by atoms with Crippen molar-refractivity contribution in [1.29, 1.82) is 0 Å². The summed E-state index contributed by atoms with van der Waals surface area (Å²) in [5.74, 6) is 1.00. The molecule has 0 spiro atoms. The minimum Gasteiger partial charge on any atom is -0.367 e. The summed E-state index contributed by atoms with van der Waals surface area (Å²) in [6.45, 7) is 2.33. The maximum atomic E-state index is 10.9. The summed E-state index contributed by atoms with van der Waals surface area (Å²) in [7, 11) is 0. The SMILES string of the molecule is Cc1cnc(NC2CCCC2CN)cc1[N+](=O)[O-]. The fraction of sp³-hybridized carbons (Fsp3) is 0.583. The van der Waals surface area contributed by atoms with Crippen molar-refractivity contribution >= 4 is 11.5 Å². The van der Waals surface area contributed by atoms with Crippen molar-refractivity contribution in [3.05, 3.63) is 27.9 Å². The normalized spacial score (nSPS) is 23.0. The van der Waals surface area contributed by atoms with E-state index in [4.69, 9.17) is 5.73 Å². The van der Waals surface area contributed by atoms with Gasteiger partial charge in [-0.25, -0.2) is 4.98 Å². The molecule has 0 saturated heterocycles. The Labute approximate surface area is 106 Å². The number of anilines is 1. The second kappa shape index (κ2) is 5.30. The largest absolute Gasteiger partial charge is 0.367 e. The fourth-order valence-corrected chi connectivity index (χ4v) is 2.49. The molecule has 1 aromatic rings. The van der Waals surface area contributed by atoms with Crippen molar-refractivity contribution < 1.29 is 4.92 Å². The van der Waals surface area contributed by atoms with Gasteiger partial charge in [-0.3, -0.25) is 10.1 Å². The van der Waals surface area contributed by atoms with Gasteiger partial charge in [-0.15, -0.1) is 0 Å². The lowest BCUT2D eigenvalue weighted by Gasteiger charge is -2.19. The fourth-order valence-electron chi connectivity index (χ4n) is 2.49. The number of nitrogens with two attached hydrogens (primary N) is 1. The molecule has 2 atom stereocenters. The topological polar surface area (TPSA) is 94.1 Å². The Kier molecular flexibility index (Phi) is 3.76. The molecule has 1 heterocycles. The molecule has 3 N–H and O–H groups in total. The molecule has 1 aromatic heterocycles. The lowest BCUT2D eigenvalue weighted by atomic mass is 10.0. The second-order valence-electron chi connectivity index (χ2n) is 4.79. The highest BCUT2D eigenvalue weighted by Gasteiger charge is 2.26. The summed E-state index contributed by atoms with van der Waals surface area (Å²) in [5, 5.41) is 14.1. The van der Waals surface area contributed by atoms with Crippen molar-refractivity contribution in [3.63, 3.8) is 0 Å². The molecule has 0 bridgehead atoms. The van der Waals surface area contributed by atoms with Crippen molar-refractivity contribution in [2.75, 3.05) is 11.9 Å². The van der Waals surface area contributed by atoms with E-state index < -0.39 is 0 Å². The van der Waals surface area contributed by atoms with Crippen LogP contribution in [0.5, 0.6) is 0 Å². The van der Waals surface area contributed by atoms with Crippen molar-refractivity contribution in [2.24, 2.45) is 11.7 Å². The smallest absolute Gasteiger partial charge is 0.277 e. The number of aromatic nitrogens is 1. The average molecular weight is 250 g/mol. The van der Waals surface area contributed by atoms with Crippen LogP contribution < -0.4 is 11.1 Å². The van der Waals surface area contributed by atoms with Crippen molar-refractivity contribution in [2.45, 2.75) is 32.2 Å². The first kappa shape index (κ1) is 12.8. The minimum atomic E-state index is -0.378. The molecule has 98 valence electrons. The maximum Gasteiger partial charge on any atom is 0.277 e. The summed E-state index contributed by atoms with van der Waals surface area (Å²) in [5.41, 5.74) is 6.39. The Morgan fingerprint density at radius 2 is 2.39 bits per heavy atom. The van der Waals surface area contributed by atoms with Crippen LogP contribution in [0.2, 0.25) is 0 Å². The van der Waals surface area contributed by atoms with E-state index in [-0.39, 0.29) is 16.7 Å². The first-order valence-electron chi connectivity index (χ1n) is 6.19. The number of hydrogen-bond acceptors (Lipinski definition) is 5. The average Bonchev–Trinajstić information content (AvgIpc) is 2.78. The highest BCUT2D eigenvalue weighted by Crippen LogP contribution is 2.28. The molecule has 6 heteroatoms. The molecule has 6 nitrogen and oxygen atoms in total. The van der Waals surface area contributed by atoms with Crippen LogP contribution in [0.4, 0.5) is 11.5 Å². The van der Waals surface area contributed by atoms with Gasteiger partial charge in [-0.2, -0.15) is 0 Å². The highest BCUT2D eigenvalue weighted by molar-refractivity contribution is 5.49. The van der Waals surface area contributed by atoms with Gasteiger partial charge in [0.1, 0.15) is 5.82 Å². The molecule has 1 saturated carbocycles. The van der Waals surface area contributed by atoms with Crippen LogP contribution in [0, 0.1) is 23.0 Å². The number of aryl methyl sites for hydroxylation is 1. The van der Waals surface area contributed by atoms with E-state index in [0.29, 0.717) is 23.8 Å². The van der Waals surface area contributed by atoms with Crippen LogP contribution >= 0.6 is 0 Å². The lowest BCUT2D eigenvalue weighted by Crippen LogP contribution is -2.29. The van der Waals surface area contributed by atoms with Gasteiger partial charge in [0.2, 0.25) is 0 Å². The first-order valence-corrected chi connectivity index (χ1v) is 6.19. The molecule has 0 amide bonds. The number of nitrogens with zero attached hydrogens (tertiary/aromatic N) is 2. The predicted octanol–water partition coefficient (Wildman–Crippen LogP) is 1.84. The van der Waals surface area contributed by atoms with Gasteiger partial charge < -0.3 is 11.1 Å². The van der Waals surface area contributed by atoms with Crippen LogP contribution in [-0.4, -0.2) is 22.5 Å². The zero-order valence-corrected chi connectivity index (χ0v) is 10.4. The molecule has 1 fully saturated rings. The van der Waals surface area contributed by atoms with Gasteiger partial charge in [0, 0.05) is 17.8 Å². The number of hydrogen-bond donors (Lipinski definition) is 2. The third kappa shape index (κ3) is 2.59. The molecular formula is C12H18N4O2. The Morgan fingerprint density at radius 3 is 3.06 bits per heavy atom. The van der Waals surface area contributed by atoms with Gasteiger partial charge in [-0.1, -0.05) is 6.42 Å². The van der Waals surface area contributed by atoms with Gasteiger partial charge in [0.15, 0.2) is 0 Å². The molecular weight excluding hydrogens is 232 g/mol. The summed E-state index contributed by atoms with van der Waals surface area (Å²) in [6.07, 6.45) is 4.84. The lowest BCUT2D eigenvalue weighted by molar-refractivity contribution is -0.385. The predicted molar refractivity (Wildman–Crippen MR) is 69.4 cm³/mol. The Balaban J connectivity index is 2.14. The van der Waals surface area contributed by atoms with Gasteiger partial charge >= 0.3 is 0 Å². The molecule has 0 radical (unpaired) electrons. The van der Waals surface area contributed by atoms with Crippen LogP contribution in [0.1, 0.15) is 24.8 Å². The van der Waals surface area contributed by atoms with Crippen LogP contribution in [0.25, 0.3) is 0 Å². The van der Waals surface area contributed by atoms with E-state index in [2.05, 4.69) is 10.3 Å². The molecule has 2 unspecified atom stereocenters. The number of pyridine rings is 1. The number of nitro groups is 1. The summed E-state index contributed by atoms with van der Waals surface area (Å²) in [6, 6.07) is 1.78. The standard InChI is InChI=1S/C12H18N4O2/c1-8-7-14-12(5-11(8)16(17)18)15-10-4-2-3-9(10)6-13/h5,7,9-10H,2-4,6,13H2,1H3,(H,14,15). The van der Waals surface area contributed by atoms with E-state index in [1.807, 2.05) is 0 Å². The molecule has 1 aliphatic rings. The number of nitrogens with one attached hydrogen (secondary N) is 1. The zero-order valence-electron chi connectivity index (χ0n) is 10.4. The number of rotatable bonds is 4. The second-order valence-corrected chi connectivity index (χ2v) is 4.79. The highest BCUT2D eigenvalue weighted by atomic mass is 16.6. The van der Waals surface area contributed by atoms with E-state index >= 15 is 0 Å². The van der Waals surface area contributed by atoms with Crippen LogP contribution in [-0.2, 0) is 0 Å². The quantitative estimate of drug-likeness (QED) is 0.628. The monoisotopic (exact) mass is 250 g/mol. The molecule has 2 rings (SSSR count). The van der Waals surface area contributed by atoms with E-state index in [9.17, 15) is 10.1 Å². The molecule has 0 aromatic carbocycles. The van der Waals surface area contributed by atoms with E-state index in [1.54, 1.807) is 6.92 Å². The summed E-state index contributed by atoms with van der Waals surface area (Å²) < 4.78 is 0. The Hall–Kier alpha value is -1.69. The van der Waals surface area contributed by atoms with Crippen molar-refractivity contribution in [3.8, 4) is 0 Å². The third-order valence-electron chi connectivity index (χ3n) is 3.57. The Bertz CT molecular complexity index is 450. The van der Waals surface area contributed by atoms with Crippen LogP contribution in [0.15, 0.2) is 12.3 Å². The van der Waals surface area contributed by atoms with Crippen LogP contribution in [0.3, 0.4) is 0 Å². The third-order valence-corrected chi connectivity index (χ3v) is 3.57. The van der Waals surface area contributed by atoms with Gasteiger partial charge in [-0.05, 0) is 32.2 Å². The molecule has 0 aliphatic heterocycles. The van der Waals surface area contributed by atoms with Gasteiger partial charge in [0.25, 0.3) is 5.69 Å².